The molecule has 1 aromatic carbocycles. The fourth-order valence-corrected chi connectivity index (χ4v) is 2.10. The molecule has 1 aromatic heterocycles. The summed E-state index contributed by atoms with van der Waals surface area (Å²) in [5.74, 6) is -0.213. The second-order valence-corrected chi connectivity index (χ2v) is 5.39. The molecule has 0 aliphatic heterocycles. The van der Waals surface area contributed by atoms with Gasteiger partial charge in [-0.2, -0.15) is 0 Å². The first-order valence-electron chi connectivity index (χ1n) is 8.52. The number of rotatable bonds is 8. The number of amides is 2. The molecule has 0 aliphatic carbocycles. The maximum absolute atomic E-state index is 12.1. The molecule has 2 aromatic rings. The van der Waals surface area contributed by atoms with Gasteiger partial charge in [0.15, 0.2) is 0 Å². The first kappa shape index (κ1) is 19.9. The standard InChI is InChI=1S/C19H21N3O5/c1-2-26-19(25)27-15-9-7-14(8-10-15)17(23)21-12-5-13-22-18(24)16-6-3-4-11-20-16/h3-4,6-11H,2,5,12-13H2,1H3,(H,21,23)(H,22,24). The van der Waals surface area contributed by atoms with Crippen molar-refractivity contribution >= 4 is 18.0 Å². The molecule has 2 N–H and O–H groups in total. The van der Waals surface area contributed by atoms with Crippen LogP contribution in [-0.4, -0.2) is 42.7 Å². The van der Waals surface area contributed by atoms with E-state index in [9.17, 15) is 14.4 Å². The van der Waals surface area contributed by atoms with Crippen LogP contribution in [0.25, 0.3) is 0 Å². The summed E-state index contributed by atoms with van der Waals surface area (Å²) >= 11 is 0. The molecule has 0 aliphatic rings. The average molecular weight is 371 g/mol. The molecule has 2 rings (SSSR count). The molecule has 0 spiro atoms. The predicted molar refractivity (Wildman–Crippen MR) is 97.6 cm³/mol. The molecule has 2 amide bonds. The number of nitrogens with one attached hydrogen (secondary N) is 2. The Morgan fingerprint density at radius 1 is 0.963 bits per heavy atom. The number of carbonyl (C=O) groups is 3. The molecule has 0 fully saturated rings. The number of nitrogens with zero attached hydrogens (tertiary/aromatic N) is 1. The minimum Gasteiger partial charge on any atom is -0.434 e. The zero-order chi connectivity index (χ0) is 19.5. The molecular weight excluding hydrogens is 350 g/mol. The monoisotopic (exact) mass is 371 g/mol. The molecule has 8 heteroatoms. The Labute approximate surface area is 156 Å². The molecule has 0 bridgehead atoms. The Kier molecular flexibility index (Phi) is 7.77. The number of hydrogen-bond donors (Lipinski definition) is 2. The highest BCUT2D eigenvalue weighted by molar-refractivity contribution is 5.94. The van der Waals surface area contributed by atoms with Crippen molar-refractivity contribution in [1.82, 2.24) is 15.6 Å². The Bertz CT molecular complexity index is 763. The first-order valence-corrected chi connectivity index (χ1v) is 8.52. The van der Waals surface area contributed by atoms with E-state index >= 15 is 0 Å². The van der Waals surface area contributed by atoms with Gasteiger partial charge in [-0.05, 0) is 49.7 Å². The summed E-state index contributed by atoms with van der Waals surface area (Å²) in [4.78, 5) is 39.0. The summed E-state index contributed by atoms with van der Waals surface area (Å²) in [7, 11) is 0. The van der Waals surface area contributed by atoms with Crippen LogP contribution in [0, 0.1) is 0 Å². The fourth-order valence-electron chi connectivity index (χ4n) is 2.10. The third-order valence-electron chi connectivity index (χ3n) is 3.40. The lowest BCUT2D eigenvalue weighted by Gasteiger charge is -2.08. The molecule has 142 valence electrons. The van der Waals surface area contributed by atoms with Crippen molar-refractivity contribution in [3.63, 3.8) is 0 Å². The highest BCUT2D eigenvalue weighted by atomic mass is 16.7. The van der Waals surface area contributed by atoms with Crippen molar-refractivity contribution < 1.29 is 23.9 Å². The van der Waals surface area contributed by atoms with Crippen molar-refractivity contribution in [2.24, 2.45) is 0 Å². The van der Waals surface area contributed by atoms with E-state index in [1.165, 1.54) is 12.1 Å². The van der Waals surface area contributed by atoms with Crippen LogP contribution in [0.1, 0.15) is 34.2 Å². The highest BCUT2D eigenvalue weighted by Gasteiger charge is 2.08. The molecule has 27 heavy (non-hydrogen) atoms. The summed E-state index contributed by atoms with van der Waals surface area (Å²) in [5, 5.41) is 5.49. The van der Waals surface area contributed by atoms with Crippen molar-refractivity contribution in [1.29, 1.82) is 0 Å². The summed E-state index contributed by atoms with van der Waals surface area (Å²) in [6.07, 6.45) is 1.34. The molecule has 1 heterocycles. The van der Waals surface area contributed by atoms with Gasteiger partial charge in [0.1, 0.15) is 11.4 Å². The van der Waals surface area contributed by atoms with Gasteiger partial charge in [-0.3, -0.25) is 14.6 Å². The zero-order valence-corrected chi connectivity index (χ0v) is 14.9. The van der Waals surface area contributed by atoms with E-state index in [2.05, 4.69) is 20.4 Å². The van der Waals surface area contributed by atoms with E-state index < -0.39 is 6.16 Å². The van der Waals surface area contributed by atoms with Gasteiger partial charge in [-0.25, -0.2) is 4.79 Å². The predicted octanol–water partition coefficient (Wildman–Crippen LogP) is 2.17. The van der Waals surface area contributed by atoms with E-state index in [0.717, 1.165) is 0 Å². The third-order valence-corrected chi connectivity index (χ3v) is 3.40. The van der Waals surface area contributed by atoms with Crippen LogP contribution in [0.5, 0.6) is 5.75 Å². The normalized spacial score (nSPS) is 9.96. The molecule has 0 radical (unpaired) electrons. The van der Waals surface area contributed by atoms with E-state index in [1.54, 1.807) is 43.5 Å². The van der Waals surface area contributed by atoms with Gasteiger partial charge in [0, 0.05) is 24.8 Å². The van der Waals surface area contributed by atoms with Crippen LogP contribution in [0.2, 0.25) is 0 Å². The van der Waals surface area contributed by atoms with E-state index in [1.807, 2.05) is 0 Å². The lowest BCUT2D eigenvalue weighted by atomic mass is 10.2. The summed E-state index contributed by atoms with van der Waals surface area (Å²) in [6.45, 7) is 2.73. The van der Waals surface area contributed by atoms with Crippen LogP contribution in [0.15, 0.2) is 48.7 Å². The number of ether oxygens (including phenoxy) is 2. The maximum atomic E-state index is 12.1. The second-order valence-electron chi connectivity index (χ2n) is 5.39. The van der Waals surface area contributed by atoms with Gasteiger partial charge >= 0.3 is 6.16 Å². The molecular formula is C19H21N3O5. The molecule has 0 unspecified atom stereocenters. The van der Waals surface area contributed by atoms with Crippen molar-refractivity contribution in [2.45, 2.75) is 13.3 Å². The summed E-state index contributed by atoms with van der Waals surface area (Å²) in [5.41, 5.74) is 0.787. The van der Waals surface area contributed by atoms with E-state index in [-0.39, 0.29) is 18.4 Å². The minimum atomic E-state index is -0.789. The zero-order valence-electron chi connectivity index (χ0n) is 14.9. The average Bonchev–Trinajstić information content (AvgIpc) is 2.69. The Balaban J connectivity index is 1.68. The lowest BCUT2D eigenvalue weighted by Crippen LogP contribution is -2.30. The molecule has 0 saturated heterocycles. The molecule has 8 nitrogen and oxygen atoms in total. The summed E-state index contributed by atoms with van der Waals surface area (Å²) in [6, 6.07) is 11.2. The summed E-state index contributed by atoms with van der Waals surface area (Å²) < 4.78 is 9.59. The van der Waals surface area contributed by atoms with Crippen LogP contribution in [0.3, 0.4) is 0 Å². The van der Waals surface area contributed by atoms with E-state index in [0.29, 0.717) is 36.5 Å². The number of aromatic nitrogens is 1. The molecule has 0 saturated carbocycles. The van der Waals surface area contributed by atoms with Crippen molar-refractivity contribution in [3.8, 4) is 5.75 Å². The van der Waals surface area contributed by atoms with Gasteiger partial charge < -0.3 is 20.1 Å². The molecule has 0 atom stereocenters. The third kappa shape index (κ3) is 6.77. The first-order chi connectivity index (χ1) is 13.1. The number of benzene rings is 1. The maximum Gasteiger partial charge on any atom is 0.513 e. The quantitative estimate of drug-likeness (QED) is 0.418. The van der Waals surface area contributed by atoms with Crippen LogP contribution in [0.4, 0.5) is 4.79 Å². The van der Waals surface area contributed by atoms with Gasteiger partial charge in [0.25, 0.3) is 11.8 Å². The van der Waals surface area contributed by atoms with Crippen molar-refractivity contribution in [3.05, 3.63) is 59.9 Å². The lowest BCUT2D eigenvalue weighted by molar-refractivity contribution is 0.0947. The minimum absolute atomic E-state index is 0.224. The van der Waals surface area contributed by atoms with Gasteiger partial charge in [-0.1, -0.05) is 6.07 Å². The Morgan fingerprint density at radius 3 is 2.30 bits per heavy atom. The fraction of sp³-hybridized carbons (Fsp3) is 0.263. The van der Waals surface area contributed by atoms with Gasteiger partial charge in [0.05, 0.1) is 6.61 Å². The second kappa shape index (κ2) is 10.5. The van der Waals surface area contributed by atoms with Gasteiger partial charge in [0.2, 0.25) is 0 Å². The number of hydrogen-bond acceptors (Lipinski definition) is 6. The van der Waals surface area contributed by atoms with Crippen molar-refractivity contribution in [2.75, 3.05) is 19.7 Å². The van der Waals surface area contributed by atoms with Gasteiger partial charge in [-0.15, -0.1) is 0 Å². The topological polar surface area (TPSA) is 107 Å². The Morgan fingerprint density at radius 2 is 1.67 bits per heavy atom. The van der Waals surface area contributed by atoms with Crippen LogP contribution >= 0.6 is 0 Å². The SMILES string of the molecule is CCOC(=O)Oc1ccc(C(=O)NCCCNC(=O)c2ccccn2)cc1. The van der Waals surface area contributed by atoms with E-state index in [4.69, 9.17) is 4.74 Å². The Hall–Kier alpha value is -3.42. The smallest absolute Gasteiger partial charge is 0.434 e. The number of carbonyl (C=O) groups excluding carboxylic acids is 3. The number of pyridine rings is 1. The van der Waals surface area contributed by atoms with Crippen LogP contribution < -0.4 is 15.4 Å². The largest absolute Gasteiger partial charge is 0.513 e. The highest BCUT2D eigenvalue weighted by Crippen LogP contribution is 2.13. The van der Waals surface area contributed by atoms with Crippen LogP contribution in [-0.2, 0) is 4.74 Å².